The molecule has 3 aromatic carbocycles. The zero-order valence-electron chi connectivity index (χ0n) is 30.6. The lowest BCUT2D eigenvalue weighted by atomic mass is 9.73. The summed E-state index contributed by atoms with van der Waals surface area (Å²) >= 11 is 0. The molecular formula is C41H50F3N5O3S. The molecule has 284 valence electrons. The van der Waals surface area contributed by atoms with Crippen LogP contribution in [0.1, 0.15) is 80.9 Å². The largest absolute Gasteiger partial charge is 0.381 e. The Labute approximate surface area is 311 Å². The molecule has 8 rings (SSSR count). The monoisotopic (exact) mass is 749 g/mol. The van der Waals surface area contributed by atoms with E-state index in [1.54, 1.807) is 6.07 Å². The zero-order valence-corrected chi connectivity index (χ0v) is 31.5. The van der Waals surface area contributed by atoms with Crippen LogP contribution in [0.3, 0.4) is 0 Å². The maximum atomic E-state index is 14.9. The van der Waals surface area contributed by atoms with Gasteiger partial charge in [0.1, 0.15) is 5.82 Å². The van der Waals surface area contributed by atoms with Gasteiger partial charge in [-0.3, -0.25) is 4.79 Å². The Morgan fingerprint density at radius 2 is 1.72 bits per heavy atom. The molecule has 4 heterocycles. The van der Waals surface area contributed by atoms with Gasteiger partial charge in [0.2, 0.25) is 15.9 Å². The Morgan fingerprint density at radius 3 is 2.45 bits per heavy atom. The molecule has 3 fully saturated rings. The van der Waals surface area contributed by atoms with E-state index in [-0.39, 0.29) is 47.0 Å². The fraction of sp³-hybridized carbons (Fsp3) is 0.537. The molecule has 8 nitrogen and oxygen atoms in total. The number of halogens is 3. The number of nitrogens with zero attached hydrogens (tertiary/aromatic N) is 3. The van der Waals surface area contributed by atoms with Gasteiger partial charge in [-0.05, 0) is 135 Å². The standard InChI is InChI=1S/C41H50F3N5O3S/c1-40-12-3-15-49(40)38-24-31(6-9-36(38)45-26-40)47-18-13-41(14-19-47)25-29(32-7-5-30(42)23-33(32)41)22-39(50)46-37(21-27-4-8-34(43)35(44)20-27)28-10-16-48(17-11-28)53(2,51)52/h4-9,20,23-24,28-29,37,45H,3,10-19,21-22,25-26H2,1-2H3,(H,46,50)/t29-,37?,40+/m1/s1. The molecule has 0 aromatic heterocycles. The Hall–Kier alpha value is -3.77. The second-order valence-electron chi connectivity index (χ2n) is 16.5. The van der Waals surface area contributed by atoms with E-state index >= 15 is 0 Å². The van der Waals surface area contributed by atoms with Crippen molar-refractivity contribution in [1.82, 2.24) is 9.62 Å². The first-order valence-electron chi connectivity index (χ1n) is 19.2. The number of hydrogen-bond acceptors (Lipinski definition) is 6. The third-order valence-electron chi connectivity index (χ3n) is 13.2. The summed E-state index contributed by atoms with van der Waals surface area (Å²) in [6.07, 6.45) is 7.68. The summed E-state index contributed by atoms with van der Waals surface area (Å²) in [4.78, 5) is 19.0. The first-order chi connectivity index (χ1) is 25.3. The zero-order chi connectivity index (χ0) is 37.1. The number of nitrogens with one attached hydrogen (secondary N) is 2. The van der Waals surface area contributed by atoms with Gasteiger partial charge in [0.25, 0.3) is 0 Å². The van der Waals surface area contributed by atoms with Gasteiger partial charge in [0.05, 0.1) is 23.2 Å². The molecule has 53 heavy (non-hydrogen) atoms. The number of carbonyl (C=O) groups excluding carboxylic acids is 1. The molecule has 5 aliphatic rings. The van der Waals surface area contributed by atoms with E-state index < -0.39 is 21.7 Å². The van der Waals surface area contributed by atoms with Crippen molar-refractivity contribution in [3.05, 3.63) is 88.7 Å². The summed E-state index contributed by atoms with van der Waals surface area (Å²) in [6, 6.07) is 15.2. The number of hydrogen-bond donors (Lipinski definition) is 2. The van der Waals surface area contributed by atoms with Crippen molar-refractivity contribution in [2.75, 3.05) is 60.6 Å². The van der Waals surface area contributed by atoms with Crippen molar-refractivity contribution in [3.63, 3.8) is 0 Å². The van der Waals surface area contributed by atoms with Crippen LogP contribution < -0.4 is 20.4 Å². The predicted molar refractivity (Wildman–Crippen MR) is 203 cm³/mol. The van der Waals surface area contributed by atoms with Crippen molar-refractivity contribution < 1.29 is 26.4 Å². The van der Waals surface area contributed by atoms with E-state index in [0.717, 1.165) is 62.6 Å². The SMILES string of the molecule is C[C@@]12CCCN1c1cc(N3CCC4(CC3)C[C@@H](CC(=O)NC(Cc3ccc(F)c(F)c3)C3CCN(S(C)(=O)=O)CC3)c3ccc(F)cc34)ccc1NC2. The highest BCUT2D eigenvalue weighted by atomic mass is 32.2. The average molecular weight is 750 g/mol. The summed E-state index contributed by atoms with van der Waals surface area (Å²) in [5.41, 5.74) is 6.20. The lowest BCUT2D eigenvalue weighted by molar-refractivity contribution is -0.122. The van der Waals surface area contributed by atoms with Gasteiger partial charge in [-0.25, -0.2) is 25.9 Å². The number of amides is 1. The lowest BCUT2D eigenvalue weighted by Gasteiger charge is -2.44. The van der Waals surface area contributed by atoms with Crippen LogP contribution in [0.2, 0.25) is 0 Å². The van der Waals surface area contributed by atoms with Crippen LogP contribution in [-0.2, 0) is 26.7 Å². The minimum atomic E-state index is -3.34. The molecule has 1 amide bonds. The predicted octanol–water partition coefficient (Wildman–Crippen LogP) is 6.70. The Balaban J connectivity index is 0.973. The van der Waals surface area contributed by atoms with Gasteiger partial charge in [-0.2, -0.15) is 0 Å². The highest BCUT2D eigenvalue weighted by Crippen LogP contribution is 2.53. The summed E-state index contributed by atoms with van der Waals surface area (Å²) < 4.78 is 68.7. The molecule has 0 saturated carbocycles. The van der Waals surface area contributed by atoms with E-state index in [2.05, 4.69) is 45.6 Å². The molecule has 1 aliphatic carbocycles. The van der Waals surface area contributed by atoms with E-state index in [9.17, 15) is 26.4 Å². The molecule has 0 radical (unpaired) electrons. The minimum absolute atomic E-state index is 0.0377. The van der Waals surface area contributed by atoms with E-state index in [0.29, 0.717) is 37.9 Å². The van der Waals surface area contributed by atoms with Crippen LogP contribution >= 0.6 is 0 Å². The fourth-order valence-electron chi connectivity index (χ4n) is 10.2. The summed E-state index contributed by atoms with van der Waals surface area (Å²) in [7, 11) is -3.34. The van der Waals surface area contributed by atoms with Crippen molar-refractivity contribution >= 4 is 33.0 Å². The summed E-state index contributed by atoms with van der Waals surface area (Å²) in [5, 5.41) is 6.89. The molecule has 1 spiro atoms. The number of carbonyl (C=O) groups is 1. The maximum absolute atomic E-state index is 14.9. The third-order valence-corrected chi connectivity index (χ3v) is 14.5. The minimum Gasteiger partial charge on any atom is -0.381 e. The van der Waals surface area contributed by atoms with Crippen molar-refractivity contribution in [3.8, 4) is 0 Å². The van der Waals surface area contributed by atoms with Crippen molar-refractivity contribution in [2.45, 2.75) is 87.6 Å². The Kier molecular flexibility index (Phi) is 9.44. The second kappa shape index (κ2) is 13.8. The van der Waals surface area contributed by atoms with Gasteiger partial charge in [-0.1, -0.05) is 12.1 Å². The van der Waals surface area contributed by atoms with Crippen LogP contribution in [0.25, 0.3) is 0 Å². The van der Waals surface area contributed by atoms with Crippen molar-refractivity contribution in [1.29, 1.82) is 0 Å². The van der Waals surface area contributed by atoms with Crippen molar-refractivity contribution in [2.24, 2.45) is 5.92 Å². The average Bonchev–Trinajstić information content (AvgIpc) is 3.66. The highest BCUT2D eigenvalue weighted by Gasteiger charge is 2.47. The maximum Gasteiger partial charge on any atom is 0.220 e. The van der Waals surface area contributed by atoms with Crippen LogP contribution in [0.15, 0.2) is 54.6 Å². The molecule has 3 aromatic rings. The van der Waals surface area contributed by atoms with Gasteiger partial charge in [0, 0.05) is 57.4 Å². The Bertz CT molecular complexity index is 2000. The number of sulfonamides is 1. The van der Waals surface area contributed by atoms with Crippen LogP contribution in [0, 0.1) is 23.4 Å². The van der Waals surface area contributed by atoms with Crippen LogP contribution in [-0.4, -0.2) is 75.7 Å². The summed E-state index contributed by atoms with van der Waals surface area (Å²) in [5.74, 6) is -2.40. The number of anilines is 3. The molecule has 2 N–H and O–H groups in total. The second-order valence-corrected chi connectivity index (χ2v) is 18.5. The van der Waals surface area contributed by atoms with Gasteiger partial charge >= 0.3 is 0 Å². The van der Waals surface area contributed by atoms with E-state index in [1.165, 1.54) is 58.7 Å². The van der Waals surface area contributed by atoms with Gasteiger partial charge in [0.15, 0.2) is 11.6 Å². The molecule has 0 bridgehead atoms. The number of rotatable bonds is 8. The number of fused-ring (bicyclic) bond motifs is 5. The Morgan fingerprint density at radius 1 is 0.943 bits per heavy atom. The molecule has 12 heteroatoms. The van der Waals surface area contributed by atoms with Gasteiger partial charge in [-0.15, -0.1) is 0 Å². The molecule has 1 unspecified atom stereocenters. The quantitative estimate of drug-likeness (QED) is 0.267. The molecule has 4 aliphatic heterocycles. The van der Waals surface area contributed by atoms with E-state index in [1.807, 2.05) is 6.07 Å². The lowest BCUT2D eigenvalue weighted by Crippen LogP contribution is -2.50. The molecule has 3 saturated heterocycles. The first kappa shape index (κ1) is 36.2. The van der Waals surface area contributed by atoms with E-state index in [4.69, 9.17) is 0 Å². The highest BCUT2D eigenvalue weighted by molar-refractivity contribution is 7.88. The van der Waals surface area contributed by atoms with Crippen LogP contribution in [0.4, 0.5) is 30.2 Å². The molecular weight excluding hydrogens is 700 g/mol. The number of piperidine rings is 2. The topological polar surface area (TPSA) is 85.0 Å². The molecule has 3 atom stereocenters. The van der Waals surface area contributed by atoms with Crippen LogP contribution in [0.5, 0.6) is 0 Å². The summed E-state index contributed by atoms with van der Waals surface area (Å²) in [6.45, 7) is 6.73. The fourth-order valence-corrected chi connectivity index (χ4v) is 11.1. The smallest absolute Gasteiger partial charge is 0.220 e. The number of benzene rings is 3. The first-order valence-corrected chi connectivity index (χ1v) is 21.0. The third kappa shape index (κ3) is 7.01. The van der Waals surface area contributed by atoms with Gasteiger partial charge < -0.3 is 20.4 Å². The normalized spacial score (nSPS) is 24.7.